The fourth-order valence-corrected chi connectivity index (χ4v) is 5.17. The molecule has 0 aliphatic carbocycles. The van der Waals surface area contributed by atoms with Crippen molar-refractivity contribution in [2.75, 3.05) is 19.8 Å². The van der Waals surface area contributed by atoms with E-state index in [0.29, 0.717) is 36.3 Å². The summed E-state index contributed by atoms with van der Waals surface area (Å²) in [5.41, 5.74) is 5.30. The Labute approximate surface area is 210 Å². The molecule has 35 heavy (non-hydrogen) atoms. The maximum atomic E-state index is 13.9. The molecule has 0 radical (unpaired) electrons. The fraction of sp³-hybridized carbons (Fsp3) is 0.276. The number of nitrogens with one attached hydrogen (secondary N) is 1. The van der Waals surface area contributed by atoms with E-state index in [1.807, 2.05) is 67.3 Å². The zero-order valence-electron chi connectivity index (χ0n) is 20.0. The molecular weight excluding hydrogens is 460 g/mol. The first-order valence-corrected chi connectivity index (χ1v) is 12.5. The summed E-state index contributed by atoms with van der Waals surface area (Å²) in [6.45, 7) is 5.55. The molecule has 5 rings (SSSR count). The number of rotatable bonds is 7. The van der Waals surface area contributed by atoms with Gasteiger partial charge in [0, 0.05) is 33.7 Å². The smallest absolute Gasteiger partial charge is 0.227 e. The summed E-state index contributed by atoms with van der Waals surface area (Å²) in [6.07, 6.45) is 1.03. The van der Waals surface area contributed by atoms with Crippen molar-refractivity contribution in [2.45, 2.75) is 32.7 Å². The second-order valence-corrected chi connectivity index (χ2v) is 9.08. The van der Waals surface area contributed by atoms with E-state index in [4.69, 9.17) is 21.1 Å². The number of carbonyl (C=O) groups excluding carboxylic acids is 1. The number of H-pyrrole nitrogens is 1. The number of amides is 1. The largest absolute Gasteiger partial charge is 0.490 e. The summed E-state index contributed by atoms with van der Waals surface area (Å²) < 4.78 is 11.7. The Morgan fingerprint density at radius 1 is 1.00 bits per heavy atom. The Kier molecular flexibility index (Phi) is 6.69. The van der Waals surface area contributed by atoms with E-state index in [9.17, 15) is 4.79 Å². The van der Waals surface area contributed by atoms with E-state index < -0.39 is 0 Å². The van der Waals surface area contributed by atoms with Crippen LogP contribution in [0.3, 0.4) is 0 Å². The molecule has 0 fully saturated rings. The Morgan fingerprint density at radius 2 is 1.77 bits per heavy atom. The van der Waals surface area contributed by atoms with Crippen molar-refractivity contribution < 1.29 is 14.3 Å². The van der Waals surface area contributed by atoms with Crippen LogP contribution in [0.4, 0.5) is 0 Å². The Hall–Kier alpha value is -3.44. The minimum atomic E-state index is -0.221. The second-order valence-electron chi connectivity index (χ2n) is 8.64. The average molecular weight is 489 g/mol. The monoisotopic (exact) mass is 488 g/mol. The topological polar surface area (TPSA) is 54.6 Å². The highest BCUT2D eigenvalue weighted by atomic mass is 35.5. The molecule has 0 saturated heterocycles. The molecule has 1 amide bonds. The van der Waals surface area contributed by atoms with E-state index in [1.165, 1.54) is 10.9 Å². The van der Waals surface area contributed by atoms with Crippen molar-refractivity contribution >= 4 is 28.4 Å². The number of fused-ring (bicyclic) bond motifs is 3. The lowest BCUT2D eigenvalue weighted by molar-refractivity contribution is -0.132. The third-order valence-corrected chi connectivity index (χ3v) is 6.78. The van der Waals surface area contributed by atoms with E-state index in [-0.39, 0.29) is 18.4 Å². The first kappa shape index (κ1) is 23.3. The molecule has 1 atom stereocenters. The van der Waals surface area contributed by atoms with Gasteiger partial charge < -0.3 is 19.4 Å². The summed E-state index contributed by atoms with van der Waals surface area (Å²) in [6, 6.07) is 21.6. The van der Waals surface area contributed by atoms with Crippen molar-refractivity contribution in [3.63, 3.8) is 0 Å². The van der Waals surface area contributed by atoms with E-state index >= 15 is 0 Å². The molecule has 6 heteroatoms. The van der Waals surface area contributed by atoms with Crippen LogP contribution in [0.5, 0.6) is 11.5 Å². The highest BCUT2D eigenvalue weighted by molar-refractivity contribution is 6.30. The van der Waals surface area contributed by atoms with E-state index in [0.717, 1.165) is 28.8 Å². The lowest BCUT2D eigenvalue weighted by Crippen LogP contribution is -2.41. The van der Waals surface area contributed by atoms with Crippen LogP contribution < -0.4 is 9.47 Å². The fourth-order valence-electron chi connectivity index (χ4n) is 5.04. The molecule has 1 aliphatic heterocycles. The summed E-state index contributed by atoms with van der Waals surface area (Å²) in [5.74, 6) is 1.37. The quantitative estimate of drug-likeness (QED) is 0.330. The van der Waals surface area contributed by atoms with Crippen LogP contribution in [0.15, 0.2) is 66.7 Å². The summed E-state index contributed by atoms with van der Waals surface area (Å²) in [4.78, 5) is 19.4. The van der Waals surface area contributed by atoms with Gasteiger partial charge in [-0.05, 0) is 55.7 Å². The normalized spacial score (nSPS) is 15.2. The summed E-state index contributed by atoms with van der Waals surface area (Å²) >= 11 is 6.19. The maximum absolute atomic E-state index is 13.9. The van der Waals surface area contributed by atoms with Crippen molar-refractivity contribution in [3.05, 3.63) is 94.1 Å². The molecule has 0 bridgehead atoms. The minimum Gasteiger partial charge on any atom is -0.490 e. The van der Waals surface area contributed by atoms with Crippen LogP contribution in [0.2, 0.25) is 5.02 Å². The first-order chi connectivity index (χ1) is 17.1. The number of ether oxygens (including phenoxy) is 2. The van der Waals surface area contributed by atoms with Gasteiger partial charge in [0.25, 0.3) is 0 Å². The number of nitrogens with zero attached hydrogens (tertiary/aromatic N) is 1. The van der Waals surface area contributed by atoms with Gasteiger partial charge in [-0.2, -0.15) is 0 Å². The molecule has 5 nitrogen and oxygen atoms in total. The second kappa shape index (κ2) is 10.0. The highest BCUT2D eigenvalue weighted by Crippen LogP contribution is 2.40. The molecule has 1 unspecified atom stereocenters. The van der Waals surface area contributed by atoms with Crippen LogP contribution in [-0.4, -0.2) is 35.5 Å². The molecule has 0 spiro atoms. The van der Waals surface area contributed by atoms with Crippen molar-refractivity contribution in [2.24, 2.45) is 0 Å². The number of benzene rings is 3. The molecule has 4 aromatic rings. The first-order valence-electron chi connectivity index (χ1n) is 12.1. The molecule has 1 aliphatic rings. The van der Waals surface area contributed by atoms with Gasteiger partial charge >= 0.3 is 0 Å². The van der Waals surface area contributed by atoms with Gasteiger partial charge in [-0.3, -0.25) is 4.79 Å². The molecule has 180 valence electrons. The number of hydrogen-bond acceptors (Lipinski definition) is 3. The van der Waals surface area contributed by atoms with Crippen LogP contribution in [-0.2, 0) is 17.6 Å². The Bertz CT molecular complexity index is 1350. The van der Waals surface area contributed by atoms with Gasteiger partial charge in [0.2, 0.25) is 5.91 Å². The number of hydrogen-bond donors (Lipinski definition) is 1. The lowest BCUT2D eigenvalue weighted by atomic mass is 9.91. The molecule has 1 N–H and O–H groups in total. The van der Waals surface area contributed by atoms with E-state index in [2.05, 4.69) is 23.2 Å². The van der Waals surface area contributed by atoms with Gasteiger partial charge in [0.1, 0.15) is 0 Å². The maximum Gasteiger partial charge on any atom is 0.227 e. The predicted molar refractivity (Wildman–Crippen MR) is 139 cm³/mol. The van der Waals surface area contributed by atoms with Crippen molar-refractivity contribution in [1.82, 2.24) is 9.88 Å². The van der Waals surface area contributed by atoms with Gasteiger partial charge in [-0.1, -0.05) is 54.1 Å². The Morgan fingerprint density at radius 3 is 2.54 bits per heavy atom. The van der Waals surface area contributed by atoms with Crippen LogP contribution in [0.1, 0.15) is 42.3 Å². The number of carbonyl (C=O) groups is 1. The van der Waals surface area contributed by atoms with Crippen molar-refractivity contribution in [1.29, 1.82) is 0 Å². The molecule has 2 heterocycles. The predicted octanol–water partition coefficient (Wildman–Crippen LogP) is 6.34. The standard InChI is InChI=1S/C29H29ClN2O3/c1-3-34-25-11-7-8-20(29(25)35-4-2)18-26(33)32-17-16-23-22-9-5-6-10-24(22)31-27(23)28(32)19-12-14-21(30)15-13-19/h5-15,28,31H,3-4,16-18H2,1-2H3. The highest BCUT2D eigenvalue weighted by Gasteiger charge is 2.34. The molecular formula is C29H29ClN2O3. The molecule has 0 saturated carbocycles. The van der Waals surface area contributed by atoms with Crippen LogP contribution >= 0.6 is 11.6 Å². The van der Waals surface area contributed by atoms with Crippen LogP contribution in [0, 0.1) is 0 Å². The summed E-state index contributed by atoms with van der Waals surface area (Å²) in [5, 5.41) is 1.89. The van der Waals surface area contributed by atoms with Gasteiger partial charge in [-0.15, -0.1) is 0 Å². The number of aromatic nitrogens is 1. The van der Waals surface area contributed by atoms with Crippen LogP contribution in [0.25, 0.3) is 10.9 Å². The third kappa shape index (κ3) is 4.48. The van der Waals surface area contributed by atoms with Gasteiger partial charge in [0.05, 0.1) is 25.7 Å². The zero-order chi connectivity index (χ0) is 24.4. The van der Waals surface area contributed by atoms with Gasteiger partial charge in [-0.25, -0.2) is 0 Å². The number of halogens is 1. The number of aromatic amines is 1. The molecule has 3 aromatic carbocycles. The SMILES string of the molecule is CCOc1cccc(CC(=O)N2CCc3c([nH]c4ccccc34)C2c2ccc(Cl)cc2)c1OCC. The van der Waals surface area contributed by atoms with E-state index in [1.54, 1.807) is 0 Å². The minimum absolute atomic E-state index is 0.0452. The number of para-hydroxylation sites is 2. The third-order valence-electron chi connectivity index (χ3n) is 6.53. The van der Waals surface area contributed by atoms with Crippen molar-refractivity contribution in [3.8, 4) is 11.5 Å². The van der Waals surface area contributed by atoms with Gasteiger partial charge in [0.15, 0.2) is 11.5 Å². The average Bonchev–Trinajstić information content (AvgIpc) is 3.25. The molecule has 1 aromatic heterocycles. The summed E-state index contributed by atoms with van der Waals surface area (Å²) in [7, 11) is 0. The lowest BCUT2D eigenvalue weighted by Gasteiger charge is -2.36. The Balaban J connectivity index is 1.54. The zero-order valence-corrected chi connectivity index (χ0v) is 20.8.